The van der Waals surface area contributed by atoms with E-state index in [4.69, 9.17) is 19.4 Å². The first-order valence-corrected chi connectivity index (χ1v) is 24.3. The van der Waals surface area contributed by atoms with Crippen molar-refractivity contribution in [3.8, 4) is 56.7 Å². The first-order chi connectivity index (χ1) is 34.7. The molecule has 70 heavy (non-hydrogen) atoms. The highest BCUT2D eigenvalue weighted by Crippen LogP contribution is 2.47. The Bertz CT molecular complexity index is 4590. The van der Waals surface area contributed by atoms with Crippen molar-refractivity contribution in [2.45, 2.75) is 0 Å². The van der Waals surface area contributed by atoms with Crippen LogP contribution < -0.4 is 0 Å². The van der Waals surface area contributed by atoms with Gasteiger partial charge in [-0.3, -0.25) is 4.57 Å². The molecule has 0 saturated heterocycles. The average molecular weight is 912 g/mol. The van der Waals surface area contributed by atoms with Crippen LogP contribution in [0, 0.1) is 0 Å². The van der Waals surface area contributed by atoms with Crippen LogP contribution in [0.3, 0.4) is 0 Å². The zero-order valence-electron chi connectivity index (χ0n) is 37.4. The summed E-state index contributed by atoms with van der Waals surface area (Å²) < 4.78 is 13.9. The molecular formula is C63H37N5OS. The number of hydrogen-bond donors (Lipinski definition) is 0. The van der Waals surface area contributed by atoms with E-state index in [9.17, 15) is 0 Å². The highest BCUT2D eigenvalue weighted by molar-refractivity contribution is 7.26. The van der Waals surface area contributed by atoms with E-state index >= 15 is 0 Å². The highest BCUT2D eigenvalue weighted by Gasteiger charge is 2.25. The van der Waals surface area contributed by atoms with Crippen molar-refractivity contribution in [3.63, 3.8) is 0 Å². The molecule has 0 atom stereocenters. The third kappa shape index (κ3) is 5.76. The number of aromatic nitrogens is 5. The Morgan fingerprint density at radius 2 is 0.986 bits per heavy atom. The Morgan fingerprint density at radius 1 is 0.357 bits per heavy atom. The van der Waals surface area contributed by atoms with Gasteiger partial charge in [-0.2, -0.15) is 9.97 Å². The lowest BCUT2D eigenvalue weighted by Crippen LogP contribution is -2.07. The molecule has 15 rings (SSSR count). The van der Waals surface area contributed by atoms with Gasteiger partial charge in [0.25, 0.3) is 0 Å². The first-order valence-electron chi connectivity index (χ1n) is 23.5. The summed E-state index contributed by atoms with van der Waals surface area (Å²) in [5.41, 5.74) is 13.3. The summed E-state index contributed by atoms with van der Waals surface area (Å²) in [6.07, 6.45) is 0. The number of para-hydroxylation sites is 3. The molecule has 0 bridgehead atoms. The number of thiophene rings is 1. The lowest BCUT2D eigenvalue weighted by molar-refractivity contribution is 0.669. The largest absolute Gasteiger partial charge is 0.456 e. The molecule has 0 aliphatic carbocycles. The second-order valence-corrected chi connectivity index (χ2v) is 18.9. The molecule has 0 aliphatic rings. The molecule has 0 radical (unpaired) electrons. The van der Waals surface area contributed by atoms with Crippen LogP contribution in [-0.4, -0.2) is 24.1 Å². The van der Waals surface area contributed by atoms with Crippen LogP contribution in [0.2, 0.25) is 0 Å². The van der Waals surface area contributed by atoms with Gasteiger partial charge in [-0.15, -0.1) is 11.3 Å². The van der Waals surface area contributed by atoms with Crippen molar-refractivity contribution in [1.29, 1.82) is 0 Å². The Labute approximate surface area is 404 Å². The maximum atomic E-state index is 6.75. The summed E-state index contributed by atoms with van der Waals surface area (Å²) >= 11 is 1.84. The molecule has 5 heterocycles. The van der Waals surface area contributed by atoms with Gasteiger partial charge in [0.1, 0.15) is 11.2 Å². The molecule has 0 unspecified atom stereocenters. The summed E-state index contributed by atoms with van der Waals surface area (Å²) in [4.78, 5) is 16.3. The Balaban J connectivity index is 1.03. The minimum absolute atomic E-state index is 0.529. The summed E-state index contributed by atoms with van der Waals surface area (Å²) in [6, 6.07) is 79.5. The third-order valence-corrected chi connectivity index (χ3v) is 15.1. The molecule has 0 saturated carbocycles. The topological polar surface area (TPSA) is 61.7 Å². The normalized spacial score (nSPS) is 12.0. The molecular weight excluding hydrogens is 875 g/mol. The molecule has 6 nitrogen and oxygen atoms in total. The number of hydrogen-bond acceptors (Lipinski definition) is 5. The minimum Gasteiger partial charge on any atom is -0.456 e. The molecule has 0 aliphatic heterocycles. The molecule has 10 aromatic carbocycles. The van der Waals surface area contributed by atoms with Gasteiger partial charge in [-0.05, 0) is 76.9 Å². The van der Waals surface area contributed by atoms with Crippen LogP contribution >= 0.6 is 11.3 Å². The smallest absolute Gasteiger partial charge is 0.238 e. The SMILES string of the molecule is c1ccc(-c2nc(-c3cccc4oc5ccc(-c6c(-c7ccccc7)ccc7sc8ccccc8c67)cc5c34)nc(-n3c4ccccc4c4ccc5c6ccccc6n(-c6ccccc6)c5c43)n2)cc1. The second kappa shape index (κ2) is 15.2. The Morgan fingerprint density at radius 3 is 1.74 bits per heavy atom. The predicted molar refractivity (Wildman–Crippen MR) is 290 cm³/mol. The summed E-state index contributed by atoms with van der Waals surface area (Å²) in [5, 5.41) is 9.03. The maximum Gasteiger partial charge on any atom is 0.238 e. The van der Waals surface area contributed by atoms with Gasteiger partial charge in [0.05, 0.1) is 22.1 Å². The molecule has 0 N–H and O–H groups in total. The van der Waals surface area contributed by atoms with Gasteiger partial charge in [0.2, 0.25) is 5.95 Å². The van der Waals surface area contributed by atoms with Crippen molar-refractivity contribution >= 4 is 97.1 Å². The lowest BCUT2D eigenvalue weighted by Gasteiger charge is -2.14. The van der Waals surface area contributed by atoms with Gasteiger partial charge >= 0.3 is 0 Å². The van der Waals surface area contributed by atoms with E-state index in [0.717, 1.165) is 82.5 Å². The number of nitrogens with zero attached hydrogens (tertiary/aromatic N) is 5. The summed E-state index contributed by atoms with van der Waals surface area (Å²) in [5.74, 6) is 1.66. The maximum absolute atomic E-state index is 6.75. The van der Waals surface area contributed by atoms with Crippen LogP contribution in [0.5, 0.6) is 0 Å². The van der Waals surface area contributed by atoms with E-state index in [1.54, 1.807) is 0 Å². The molecule has 0 fully saturated rings. The lowest BCUT2D eigenvalue weighted by atomic mass is 9.90. The van der Waals surface area contributed by atoms with Crippen molar-refractivity contribution in [2.75, 3.05) is 0 Å². The molecule has 15 aromatic rings. The molecule has 0 spiro atoms. The molecule has 7 heteroatoms. The molecule has 0 amide bonds. The van der Waals surface area contributed by atoms with Crippen molar-refractivity contribution in [1.82, 2.24) is 24.1 Å². The second-order valence-electron chi connectivity index (χ2n) is 17.9. The summed E-state index contributed by atoms with van der Waals surface area (Å²) in [6.45, 7) is 0. The zero-order chi connectivity index (χ0) is 45.9. The zero-order valence-corrected chi connectivity index (χ0v) is 38.2. The van der Waals surface area contributed by atoms with Crippen LogP contribution in [0.4, 0.5) is 0 Å². The van der Waals surface area contributed by atoms with E-state index in [1.807, 2.05) is 41.7 Å². The van der Waals surface area contributed by atoms with Crippen molar-refractivity contribution in [3.05, 3.63) is 224 Å². The standard InChI is InChI=1S/C63H37N5OS/c1-4-17-38(18-5-1)42-34-36-55-58(47-25-12-15-30-54(47)70-55)56(42)40-31-35-52-49(37-40)57-48(26-16-29-53(57)69-52)62-64-61(39-19-6-2-7-20-39)65-63(66-62)68-51-28-14-11-24-44(51)46-33-32-45-43-23-10-13-27-50(43)67(59(45)60(46)68)41-21-8-3-9-22-41/h1-37H. The van der Waals surface area contributed by atoms with Gasteiger partial charge in [0, 0.05) is 69.3 Å². The van der Waals surface area contributed by atoms with E-state index in [-0.39, 0.29) is 0 Å². The summed E-state index contributed by atoms with van der Waals surface area (Å²) in [7, 11) is 0. The minimum atomic E-state index is 0.529. The fourth-order valence-electron chi connectivity index (χ4n) is 11.0. The predicted octanol–water partition coefficient (Wildman–Crippen LogP) is 17.0. The fourth-order valence-corrected chi connectivity index (χ4v) is 12.1. The molecule has 5 aromatic heterocycles. The number of benzene rings is 10. The van der Waals surface area contributed by atoms with Crippen molar-refractivity contribution in [2.24, 2.45) is 0 Å². The van der Waals surface area contributed by atoms with E-state index in [1.165, 1.54) is 42.2 Å². The van der Waals surface area contributed by atoms with Crippen LogP contribution in [0.15, 0.2) is 229 Å². The third-order valence-electron chi connectivity index (χ3n) is 14.0. The Kier molecular flexibility index (Phi) is 8.43. The molecule has 326 valence electrons. The number of fused-ring (bicyclic) bond motifs is 13. The van der Waals surface area contributed by atoms with Gasteiger partial charge in [0.15, 0.2) is 11.6 Å². The van der Waals surface area contributed by atoms with Crippen molar-refractivity contribution < 1.29 is 4.42 Å². The average Bonchev–Trinajstić information content (AvgIpc) is 4.19. The van der Waals surface area contributed by atoms with Gasteiger partial charge in [-0.1, -0.05) is 170 Å². The van der Waals surface area contributed by atoms with E-state index in [0.29, 0.717) is 17.6 Å². The van der Waals surface area contributed by atoms with Crippen LogP contribution in [0.25, 0.3) is 142 Å². The highest BCUT2D eigenvalue weighted by atomic mass is 32.1. The first kappa shape index (κ1) is 38.9. The van der Waals surface area contributed by atoms with Crippen LogP contribution in [0.1, 0.15) is 0 Å². The van der Waals surface area contributed by atoms with Gasteiger partial charge < -0.3 is 8.98 Å². The van der Waals surface area contributed by atoms with Crippen LogP contribution in [-0.2, 0) is 0 Å². The van der Waals surface area contributed by atoms with Gasteiger partial charge in [-0.25, -0.2) is 4.98 Å². The quantitative estimate of drug-likeness (QED) is 0.167. The van der Waals surface area contributed by atoms with E-state index < -0.39 is 0 Å². The fraction of sp³-hybridized carbons (Fsp3) is 0. The van der Waals surface area contributed by atoms with E-state index in [2.05, 4.69) is 203 Å². The number of rotatable bonds is 6. The Hall–Kier alpha value is -9.17. The monoisotopic (exact) mass is 911 g/mol. The number of furan rings is 1.